The van der Waals surface area contributed by atoms with Gasteiger partial charge in [-0.2, -0.15) is 0 Å². The Bertz CT molecular complexity index is 740. The standard InChI is InChI=1S/C18H24N4O2S/c1-12-7-4-5-9-15(12)16-20-21-18(22(16)3)25-13(2)17(23)19-11-14-8-6-10-24-14/h4-5,7,9,13-14H,6,8,10-11H2,1-3H3,(H,19,23)/t13-,14+/m1/s1. The Morgan fingerprint density at radius 3 is 2.96 bits per heavy atom. The Labute approximate surface area is 152 Å². The highest BCUT2D eigenvalue weighted by Crippen LogP contribution is 2.27. The summed E-state index contributed by atoms with van der Waals surface area (Å²) >= 11 is 1.42. The maximum atomic E-state index is 12.3. The number of carbonyl (C=O) groups is 1. The van der Waals surface area contributed by atoms with Crippen LogP contribution in [-0.2, 0) is 16.6 Å². The van der Waals surface area contributed by atoms with Gasteiger partial charge in [0.25, 0.3) is 0 Å². The summed E-state index contributed by atoms with van der Waals surface area (Å²) in [7, 11) is 1.93. The van der Waals surface area contributed by atoms with Gasteiger partial charge in [-0.1, -0.05) is 36.0 Å². The van der Waals surface area contributed by atoms with Crippen molar-refractivity contribution in [1.29, 1.82) is 0 Å². The summed E-state index contributed by atoms with van der Waals surface area (Å²) in [6, 6.07) is 8.08. The topological polar surface area (TPSA) is 69.0 Å². The Morgan fingerprint density at radius 2 is 2.24 bits per heavy atom. The number of thioether (sulfide) groups is 1. The van der Waals surface area contributed by atoms with E-state index < -0.39 is 0 Å². The molecule has 3 rings (SSSR count). The first-order chi connectivity index (χ1) is 12.1. The number of aromatic nitrogens is 3. The molecule has 2 heterocycles. The first-order valence-electron chi connectivity index (χ1n) is 8.57. The van der Waals surface area contributed by atoms with Crippen LogP contribution in [0.4, 0.5) is 0 Å². The highest BCUT2D eigenvalue weighted by molar-refractivity contribution is 8.00. The zero-order valence-corrected chi connectivity index (χ0v) is 15.7. The predicted octanol–water partition coefficient (Wildman–Crippen LogP) is 2.57. The molecule has 134 valence electrons. The molecule has 1 amide bonds. The average Bonchev–Trinajstić information content (AvgIpc) is 3.24. The molecule has 1 aliphatic rings. The van der Waals surface area contributed by atoms with Crippen molar-refractivity contribution in [2.24, 2.45) is 7.05 Å². The van der Waals surface area contributed by atoms with Crippen LogP contribution in [0.15, 0.2) is 29.4 Å². The first kappa shape index (κ1) is 17.9. The molecule has 1 N–H and O–H groups in total. The number of benzene rings is 1. The molecule has 0 saturated carbocycles. The summed E-state index contributed by atoms with van der Waals surface area (Å²) in [6.07, 6.45) is 2.25. The Balaban J connectivity index is 1.62. The van der Waals surface area contributed by atoms with Gasteiger partial charge in [-0.15, -0.1) is 10.2 Å². The summed E-state index contributed by atoms with van der Waals surface area (Å²) in [4.78, 5) is 12.3. The van der Waals surface area contributed by atoms with E-state index in [2.05, 4.69) is 28.5 Å². The molecule has 0 spiro atoms. The highest BCUT2D eigenvalue weighted by atomic mass is 32.2. The number of carbonyl (C=O) groups excluding carboxylic acids is 1. The SMILES string of the molecule is Cc1ccccc1-c1nnc(S[C@H](C)C(=O)NC[C@@H]2CCCO2)n1C. The van der Waals surface area contributed by atoms with Gasteiger partial charge in [0.15, 0.2) is 11.0 Å². The molecule has 0 radical (unpaired) electrons. The Morgan fingerprint density at radius 1 is 1.44 bits per heavy atom. The molecule has 2 aromatic rings. The van der Waals surface area contributed by atoms with Crippen molar-refractivity contribution in [3.05, 3.63) is 29.8 Å². The fourth-order valence-corrected chi connectivity index (χ4v) is 3.69. The van der Waals surface area contributed by atoms with Crippen LogP contribution in [0.3, 0.4) is 0 Å². The molecule has 25 heavy (non-hydrogen) atoms. The van der Waals surface area contributed by atoms with Gasteiger partial charge in [-0.3, -0.25) is 4.79 Å². The van der Waals surface area contributed by atoms with E-state index in [0.29, 0.717) is 6.54 Å². The van der Waals surface area contributed by atoms with Crippen LogP contribution in [0, 0.1) is 6.92 Å². The van der Waals surface area contributed by atoms with Gasteiger partial charge in [0.05, 0.1) is 11.4 Å². The molecular formula is C18H24N4O2S. The van der Waals surface area contributed by atoms with Gasteiger partial charge >= 0.3 is 0 Å². The average molecular weight is 360 g/mol. The smallest absolute Gasteiger partial charge is 0.233 e. The summed E-state index contributed by atoms with van der Waals surface area (Å²) in [5.41, 5.74) is 2.21. The lowest BCUT2D eigenvalue weighted by Crippen LogP contribution is -2.36. The molecule has 0 unspecified atom stereocenters. The lowest BCUT2D eigenvalue weighted by molar-refractivity contribution is -0.120. The molecule has 2 atom stereocenters. The Hall–Kier alpha value is -1.86. The third-order valence-corrected chi connectivity index (χ3v) is 5.53. The van der Waals surface area contributed by atoms with Gasteiger partial charge in [0.2, 0.25) is 5.91 Å². The molecular weight excluding hydrogens is 336 g/mol. The molecule has 6 nitrogen and oxygen atoms in total. The van der Waals surface area contributed by atoms with Crippen LogP contribution >= 0.6 is 11.8 Å². The van der Waals surface area contributed by atoms with Crippen molar-refractivity contribution in [3.8, 4) is 11.4 Å². The number of nitrogens with one attached hydrogen (secondary N) is 1. The van der Waals surface area contributed by atoms with Crippen LogP contribution in [0.2, 0.25) is 0 Å². The maximum absolute atomic E-state index is 12.3. The lowest BCUT2D eigenvalue weighted by Gasteiger charge is -2.14. The molecule has 1 aromatic heterocycles. The molecule has 1 aliphatic heterocycles. The van der Waals surface area contributed by atoms with Gasteiger partial charge in [-0.25, -0.2) is 0 Å². The van der Waals surface area contributed by atoms with Crippen LogP contribution < -0.4 is 5.32 Å². The second-order valence-electron chi connectivity index (χ2n) is 6.32. The normalized spacial score (nSPS) is 18.3. The van der Waals surface area contributed by atoms with Crippen LogP contribution in [0.25, 0.3) is 11.4 Å². The van der Waals surface area contributed by atoms with Gasteiger partial charge in [0.1, 0.15) is 0 Å². The summed E-state index contributed by atoms with van der Waals surface area (Å²) in [5.74, 6) is 0.813. The number of rotatable bonds is 6. The number of nitrogens with zero attached hydrogens (tertiary/aromatic N) is 3. The summed E-state index contributed by atoms with van der Waals surface area (Å²) < 4.78 is 7.48. The van der Waals surface area contributed by atoms with Crippen molar-refractivity contribution < 1.29 is 9.53 Å². The summed E-state index contributed by atoms with van der Waals surface area (Å²) in [6.45, 7) is 5.32. The molecule has 1 fully saturated rings. The van der Waals surface area contributed by atoms with Crippen molar-refractivity contribution in [3.63, 3.8) is 0 Å². The largest absolute Gasteiger partial charge is 0.376 e. The first-order valence-corrected chi connectivity index (χ1v) is 9.45. The molecule has 7 heteroatoms. The fourth-order valence-electron chi connectivity index (χ4n) is 2.85. The Kier molecular flexibility index (Phi) is 5.75. The van der Waals surface area contributed by atoms with E-state index in [-0.39, 0.29) is 17.3 Å². The number of hydrogen-bond donors (Lipinski definition) is 1. The third-order valence-electron chi connectivity index (χ3n) is 4.40. The predicted molar refractivity (Wildman–Crippen MR) is 98.5 cm³/mol. The van der Waals surface area contributed by atoms with Crippen LogP contribution in [0.1, 0.15) is 25.3 Å². The van der Waals surface area contributed by atoms with Gasteiger partial charge in [0, 0.05) is 25.8 Å². The second-order valence-corrected chi connectivity index (χ2v) is 7.63. The number of hydrogen-bond acceptors (Lipinski definition) is 5. The zero-order valence-electron chi connectivity index (χ0n) is 14.9. The molecule has 1 aromatic carbocycles. The minimum atomic E-state index is -0.242. The van der Waals surface area contributed by atoms with Crippen LogP contribution in [-0.4, -0.2) is 45.2 Å². The zero-order chi connectivity index (χ0) is 17.8. The van der Waals surface area contributed by atoms with Crippen molar-refractivity contribution in [2.75, 3.05) is 13.2 Å². The minimum absolute atomic E-state index is 0.000872. The fraction of sp³-hybridized carbons (Fsp3) is 0.500. The molecule has 0 bridgehead atoms. The van der Waals surface area contributed by atoms with E-state index in [1.54, 1.807) is 0 Å². The van der Waals surface area contributed by atoms with E-state index in [4.69, 9.17) is 4.74 Å². The van der Waals surface area contributed by atoms with Gasteiger partial charge < -0.3 is 14.6 Å². The number of aryl methyl sites for hydroxylation is 1. The molecule has 0 aliphatic carbocycles. The quantitative estimate of drug-likeness (QED) is 0.802. The lowest BCUT2D eigenvalue weighted by atomic mass is 10.1. The van der Waals surface area contributed by atoms with Crippen molar-refractivity contribution in [1.82, 2.24) is 20.1 Å². The number of ether oxygens (including phenoxy) is 1. The van der Waals surface area contributed by atoms with Gasteiger partial charge in [-0.05, 0) is 32.3 Å². The van der Waals surface area contributed by atoms with E-state index in [1.165, 1.54) is 11.8 Å². The van der Waals surface area contributed by atoms with E-state index in [0.717, 1.165) is 41.6 Å². The van der Waals surface area contributed by atoms with Crippen molar-refractivity contribution >= 4 is 17.7 Å². The third kappa shape index (κ3) is 4.22. The monoisotopic (exact) mass is 360 g/mol. The second kappa shape index (κ2) is 8.01. The maximum Gasteiger partial charge on any atom is 0.233 e. The number of amides is 1. The van der Waals surface area contributed by atoms with E-state index in [9.17, 15) is 4.79 Å². The van der Waals surface area contributed by atoms with Crippen molar-refractivity contribution in [2.45, 2.75) is 43.2 Å². The van der Waals surface area contributed by atoms with E-state index >= 15 is 0 Å². The highest BCUT2D eigenvalue weighted by Gasteiger charge is 2.22. The molecule has 1 saturated heterocycles. The van der Waals surface area contributed by atoms with E-state index in [1.807, 2.05) is 36.7 Å². The summed E-state index contributed by atoms with van der Waals surface area (Å²) in [5, 5.41) is 12.0. The van der Waals surface area contributed by atoms with Crippen LogP contribution in [0.5, 0.6) is 0 Å². The minimum Gasteiger partial charge on any atom is -0.376 e.